The Balaban J connectivity index is 3.22. The second kappa shape index (κ2) is 8.47. The summed E-state index contributed by atoms with van der Waals surface area (Å²) in [5.74, 6) is -0.402. The molecule has 4 nitrogen and oxygen atoms in total. The Morgan fingerprint density at radius 3 is 2.45 bits per heavy atom. The standard InChI is InChI=1S/C18H26O4/c1-5-6-7-8-14-11-16(20)15(10-9-12(2)3)17(21)18(14)22-13(4)19/h9,11,20-21H,5-8,10H2,1-4H3. The van der Waals surface area contributed by atoms with Gasteiger partial charge in [0.1, 0.15) is 5.75 Å². The smallest absolute Gasteiger partial charge is 0.308 e. The minimum Gasteiger partial charge on any atom is -0.508 e. The molecule has 0 saturated carbocycles. The van der Waals surface area contributed by atoms with E-state index >= 15 is 0 Å². The molecule has 0 radical (unpaired) electrons. The van der Waals surface area contributed by atoms with Gasteiger partial charge in [0.25, 0.3) is 0 Å². The van der Waals surface area contributed by atoms with Gasteiger partial charge in [-0.05, 0) is 39.2 Å². The molecule has 0 saturated heterocycles. The maximum Gasteiger partial charge on any atom is 0.308 e. The summed E-state index contributed by atoms with van der Waals surface area (Å²) in [6.07, 6.45) is 5.98. The summed E-state index contributed by atoms with van der Waals surface area (Å²) in [7, 11) is 0. The summed E-state index contributed by atoms with van der Waals surface area (Å²) in [6.45, 7) is 7.29. The summed E-state index contributed by atoms with van der Waals surface area (Å²) in [6, 6.07) is 1.60. The quantitative estimate of drug-likeness (QED) is 0.342. The molecule has 122 valence electrons. The number of benzene rings is 1. The van der Waals surface area contributed by atoms with Gasteiger partial charge < -0.3 is 14.9 Å². The third-order valence-electron chi connectivity index (χ3n) is 3.42. The molecule has 0 aliphatic carbocycles. The zero-order chi connectivity index (χ0) is 16.7. The fourth-order valence-electron chi connectivity index (χ4n) is 2.24. The molecular weight excluding hydrogens is 280 g/mol. The Bertz CT molecular complexity index is 555. The molecular formula is C18H26O4. The molecule has 0 aliphatic heterocycles. The predicted octanol–water partition coefficient (Wildman–Crippen LogP) is 4.26. The Hall–Kier alpha value is -1.97. The molecule has 0 spiro atoms. The van der Waals surface area contributed by atoms with Crippen LogP contribution in [0.2, 0.25) is 0 Å². The van der Waals surface area contributed by atoms with E-state index in [0.717, 1.165) is 24.8 Å². The molecule has 0 aliphatic rings. The Labute approximate surface area is 132 Å². The normalized spacial score (nSPS) is 10.4. The van der Waals surface area contributed by atoms with Crippen LogP contribution in [-0.2, 0) is 17.6 Å². The number of phenols is 2. The van der Waals surface area contributed by atoms with Crippen molar-refractivity contribution in [2.24, 2.45) is 0 Å². The van der Waals surface area contributed by atoms with Crippen molar-refractivity contribution in [1.82, 2.24) is 0 Å². The third-order valence-corrected chi connectivity index (χ3v) is 3.42. The second-order valence-electron chi connectivity index (χ2n) is 5.75. The van der Waals surface area contributed by atoms with E-state index in [0.29, 0.717) is 24.0 Å². The van der Waals surface area contributed by atoms with Gasteiger partial charge in [-0.25, -0.2) is 0 Å². The highest BCUT2D eigenvalue weighted by Gasteiger charge is 2.19. The molecule has 0 atom stereocenters. The number of esters is 1. The first-order chi connectivity index (χ1) is 10.4. The van der Waals surface area contributed by atoms with E-state index in [1.165, 1.54) is 6.92 Å². The van der Waals surface area contributed by atoms with Crippen LogP contribution in [0.15, 0.2) is 17.7 Å². The zero-order valence-corrected chi connectivity index (χ0v) is 13.9. The number of hydrogen-bond donors (Lipinski definition) is 2. The van der Waals surface area contributed by atoms with E-state index in [9.17, 15) is 15.0 Å². The minimum absolute atomic E-state index is 0.0393. The van der Waals surface area contributed by atoms with Crippen molar-refractivity contribution in [1.29, 1.82) is 0 Å². The number of aromatic hydroxyl groups is 2. The number of carbonyl (C=O) groups is 1. The van der Waals surface area contributed by atoms with E-state index in [-0.39, 0.29) is 17.2 Å². The lowest BCUT2D eigenvalue weighted by Crippen LogP contribution is -2.06. The highest BCUT2D eigenvalue weighted by Crippen LogP contribution is 2.41. The van der Waals surface area contributed by atoms with Gasteiger partial charge in [0.15, 0.2) is 11.5 Å². The van der Waals surface area contributed by atoms with Crippen molar-refractivity contribution in [3.63, 3.8) is 0 Å². The molecule has 0 unspecified atom stereocenters. The van der Waals surface area contributed by atoms with E-state index in [2.05, 4.69) is 6.92 Å². The molecule has 4 heteroatoms. The zero-order valence-electron chi connectivity index (χ0n) is 13.9. The molecule has 0 fully saturated rings. The molecule has 0 aromatic heterocycles. The summed E-state index contributed by atoms with van der Waals surface area (Å²) in [4.78, 5) is 11.3. The molecule has 0 heterocycles. The highest BCUT2D eigenvalue weighted by molar-refractivity contribution is 5.72. The van der Waals surface area contributed by atoms with Crippen LogP contribution in [0.1, 0.15) is 58.1 Å². The van der Waals surface area contributed by atoms with Gasteiger partial charge >= 0.3 is 5.97 Å². The minimum atomic E-state index is -0.481. The van der Waals surface area contributed by atoms with Crippen LogP contribution in [0.3, 0.4) is 0 Å². The maximum atomic E-state index is 11.3. The Kier molecular flexibility index (Phi) is 6.96. The SMILES string of the molecule is CCCCCc1cc(O)c(CC=C(C)C)c(O)c1OC(C)=O. The van der Waals surface area contributed by atoms with Gasteiger partial charge in [-0.1, -0.05) is 31.4 Å². The number of carbonyl (C=O) groups excluding carboxylic acids is 1. The van der Waals surface area contributed by atoms with Gasteiger partial charge in [0.05, 0.1) is 0 Å². The van der Waals surface area contributed by atoms with Crippen molar-refractivity contribution >= 4 is 5.97 Å². The number of ether oxygens (including phenoxy) is 1. The lowest BCUT2D eigenvalue weighted by atomic mass is 9.99. The molecule has 2 N–H and O–H groups in total. The molecule has 1 aromatic carbocycles. The number of phenolic OH excluding ortho intramolecular Hbond substituents is 2. The number of rotatable bonds is 7. The van der Waals surface area contributed by atoms with Crippen LogP contribution in [0.25, 0.3) is 0 Å². The number of unbranched alkanes of at least 4 members (excludes halogenated alkanes) is 2. The monoisotopic (exact) mass is 306 g/mol. The van der Waals surface area contributed by atoms with Crippen LogP contribution < -0.4 is 4.74 Å². The van der Waals surface area contributed by atoms with Crippen LogP contribution in [0, 0.1) is 0 Å². The Morgan fingerprint density at radius 2 is 1.91 bits per heavy atom. The fourth-order valence-corrected chi connectivity index (χ4v) is 2.24. The maximum absolute atomic E-state index is 11.3. The average Bonchev–Trinajstić information content (AvgIpc) is 2.42. The fraction of sp³-hybridized carbons (Fsp3) is 0.500. The molecule has 0 amide bonds. The van der Waals surface area contributed by atoms with E-state index in [1.54, 1.807) is 6.07 Å². The molecule has 0 bridgehead atoms. The van der Waals surface area contributed by atoms with E-state index < -0.39 is 5.97 Å². The highest BCUT2D eigenvalue weighted by atomic mass is 16.5. The summed E-state index contributed by atoms with van der Waals surface area (Å²) in [5, 5.41) is 20.6. The van der Waals surface area contributed by atoms with Crippen molar-refractivity contribution in [2.45, 2.75) is 59.8 Å². The van der Waals surface area contributed by atoms with Crippen molar-refractivity contribution in [3.05, 3.63) is 28.8 Å². The van der Waals surface area contributed by atoms with Crippen LogP contribution >= 0.6 is 0 Å². The first-order valence-electron chi connectivity index (χ1n) is 7.75. The molecule has 1 aromatic rings. The summed E-state index contributed by atoms with van der Waals surface area (Å²) in [5.41, 5.74) is 2.14. The van der Waals surface area contributed by atoms with Gasteiger partial charge in [-0.3, -0.25) is 4.79 Å². The lowest BCUT2D eigenvalue weighted by Gasteiger charge is -2.15. The summed E-state index contributed by atoms with van der Waals surface area (Å²) >= 11 is 0. The first kappa shape index (κ1) is 18.1. The number of allylic oxidation sites excluding steroid dienone is 2. The topological polar surface area (TPSA) is 66.8 Å². The average molecular weight is 306 g/mol. The third kappa shape index (κ3) is 5.10. The molecule has 1 rings (SSSR count). The second-order valence-corrected chi connectivity index (χ2v) is 5.75. The van der Waals surface area contributed by atoms with Crippen LogP contribution in [0.4, 0.5) is 0 Å². The first-order valence-corrected chi connectivity index (χ1v) is 7.75. The largest absolute Gasteiger partial charge is 0.508 e. The van der Waals surface area contributed by atoms with Gasteiger partial charge in [0.2, 0.25) is 0 Å². The lowest BCUT2D eigenvalue weighted by molar-refractivity contribution is -0.132. The van der Waals surface area contributed by atoms with Crippen molar-refractivity contribution < 1.29 is 19.7 Å². The van der Waals surface area contributed by atoms with Crippen molar-refractivity contribution in [2.75, 3.05) is 0 Å². The van der Waals surface area contributed by atoms with E-state index in [4.69, 9.17) is 4.74 Å². The Morgan fingerprint density at radius 1 is 1.23 bits per heavy atom. The van der Waals surface area contributed by atoms with Crippen LogP contribution in [-0.4, -0.2) is 16.2 Å². The predicted molar refractivity (Wildman–Crippen MR) is 87.4 cm³/mol. The van der Waals surface area contributed by atoms with Crippen molar-refractivity contribution in [3.8, 4) is 17.2 Å². The van der Waals surface area contributed by atoms with Gasteiger partial charge in [0, 0.05) is 18.1 Å². The number of hydrogen-bond acceptors (Lipinski definition) is 4. The molecule has 22 heavy (non-hydrogen) atoms. The summed E-state index contributed by atoms with van der Waals surface area (Å²) < 4.78 is 5.19. The van der Waals surface area contributed by atoms with E-state index in [1.807, 2.05) is 19.9 Å². The number of aryl methyl sites for hydroxylation is 1. The van der Waals surface area contributed by atoms with Gasteiger partial charge in [-0.15, -0.1) is 0 Å². The van der Waals surface area contributed by atoms with Gasteiger partial charge in [-0.2, -0.15) is 0 Å². The van der Waals surface area contributed by atoms with Crippen LogP contribution in [0.5, 0.6) is 17.2 Å².